The summed E-state index contributed by atoms with van der Waals surface area (Å²) >= 11 is 0. The van der Waals surface area contributed by atoms with Gasteiger partial charge in [-0.3, -0.25) is 0 Å². The van der Waals surface area contributed by atoms with Crippen molar-refractivity contribution >= 4 is 16.1 Å². The van der Waals surface area contributed by atoms with Gasteiger partial charge in [0.05, 0.1) is 36.6 Å². The normalized spacial score (nSPS) is 14.6. The van der Waals surface area contributed by atoms with Gasteiger partial charge >= 0.3 is 5.97 Å². The number of quaternary nitrogens is 1. The van der Waals surface area contributed by atoms with Crippen LogP contribution in [0.5, 0.6) is 0 Å². The van der Waals surface area contributed by atoms with E-state index in [0.717, 1.165) is 19.3 Å². The van der Waals surface area contributed by atoms with E-state index in [2.05, 4.69) is 6.92 Å². The molecule has 2 unspecified atom stereocenters. The van der Waals surface area contributed by atoms with Gasteiger partial charge in [-0.05, 0) is 6.42 Å². The highest BCUT2D eigenvalue weighted by atomic mass is 32.2. The summed E-state index contributed by atoms with van der Waals surface area (Å²) in [6.45, 7) is 4.44. The molecule has 0 aromatic rings. The second-order valence-electron chi connectivity index (χ2n) is 8.61. The minimum absolute atomic E-state index is 0.00661. The van der Waals surface area contributed by atoms with Crippen LogP contribution in [0.25, 0.3) is 0 Å². The number of aliphatic hydroxyl groups is 1. The van der Waals surface area contributed by atoms with E-state index in [0.29, 0.717) is 13.0 Å². The summed E-state index contributed by atoms with van der Waals surface area (Å²) in [4.78, 5) is 12.4. The molecule has 174 valence electrons. The molecule has 0 aromatic heterocycles. The summed E-state index contributed by atoms with van der Waals surface area (Å²) in [6.07, 6.45) is 11.3. The molecule has 0 saturated heterocycles. The van der Waals surface area contributed by atoms with E-state index in [4.69, 9.17) is 4.74 Å². The van der Waals surface area contributed by atoms with E-state index in [9.17, 15) is 22.9 Å². The van der Waals surface area contributed by atoms with Crippen LogP contribution in [-0.2, 0) is 19.6 Å². The first kappa shape index (κ1) is 28.3. The van der Waals surface area contributed by atoms with Gasteiger partial charge in [0.15, 0.2) is 6.04 Å². The molecule has 0 saturated carbocycles. The molecular weight excluding hydrogens is 394 g/mol. The van der Waals surface area contributed by atoms with Crippen LogP contribution in [-0.4, -0.2) is 73.7 Å². The summed E-state index contributed by atoms with van der Waals surface area (Å²) in [7, 11) is -1.04. The molecule has 0 aliphatic rings. The SMILES string of the molecule is CCCCCCCCCCCCOC(=O)C(CC)[N+](C)(C)CC(O)CS(=O)(=O)[O-]. The van der Waals surface area contributed by atoms with Gasteiger partial charge in [-0.2, -0.15) is 0 Å². The fourth-order valence-corrected chi connectivity index (χ4v) is 4.34. The topological polar surface area (TPSA) is 104 Å². The molecule has 0 aromatic carbocycles. The van der Waals surface area contributed by atoms with Crippen LogP contribution < -0.4 is 0 Å². The molecule has 0 spiro atoms. The average Bonchev–Trinajstić information content (AvgIpc) is 2.57. The van der Waals surface area contributed by atoms with Gasteiger partial charge in [0.25, 0.3) is 0 Å². The van der Waals surface area contributed by atoms with Crippen molar-refractivity contribution in [2.45, 2.75) is 96.6 Å². The Bertz CT molecular complexity index is 535. The van der Waals surface area contributed by atoms with Crippen LogP contribution in [0.15, 0.2) is 0 Å². The van der Waals surface area contributed by atoms with Crippen molar-refractivity contribution in [2.75, 3.05) is 33.0 Å². The Balaban J connectivity index is 4.10. The molecule has 0 bridgehead atoms. The summed E-state index contributed by atoms with van der Waals surface area (Å²) < 4.78 is 37.9. The van der Waals surface area contributed by atoms with Crippen molar-refractivity contribution < 1.29 is 32.1 Å². The van der Waals surface area contributed by atoms with Crippen LogP contribution in [0.2, 0.25) is 0 Å². The fourth-order valence-electron chi connectivity index (χ4n) is 3.76. The zero-order valence-electron chi connectivity index (χ0n) is 18.9. The number of likely N-dealkylation sites (N-methyl/N-ethyl adjacent to an activating group) is 1. The molecule has 0 amide bonds. The number of rotatable bonds is 18. The third kappa shape index (κ3) is 14.9. The molecule has 7 nitrogen and oxygen atoms in total. The lowest BCUT2D eigenvalue weighted by Crippen LogP contribution is -2.57. The van der Waals surface area contributed by atoms with Crippen molar-refractivity contribution in [3.8, 4) is 0 Å². The largest absolute Gasteiger partial charge is 0.748 e. The third-order valence-corrected chi connectivity index (χ3v) is 6.12. The van der Waals surface area contributed by atoms with Crippen LogP contribution >= 0.6 is 0 Å². The highest BCUT2D eigenvalue weighted by Gasteiger charge is 2.36. The highest BCUT2D eigenvalue weighted by Crippen LogP contribution is 2.15. The van der Waals surface area contributed by atoms with Crippen LogP contribution in [0.1, 0.15) is 84.5 Å². The first-order valence-electron chi connectivity index (χ1n) is 11.1. The zero-order valence-corrected chi connectivity index (χ0v) is 19.7. The lowest BCUT2D eigenvalue weighted by Gasteiger charge is -2.37. The number of hydrogen-bond acceptors (Lipinski definition) is 6. The summed E-state index contributed by atoms with van der Waals surface area (Å²) in [5.74, 6) is -1.19. The van der Waals surface area contributed by atoms with E-state index >= 15 is 0 Å². The first-order chi connectivity index (χ1) is 13.5. The maximum Gasteiger partial charge on any atom is 0.364 e. The highest BCUT2D eigenvalue weighted by molar-refractivity contribution is 7.85. The number of ether oxygens (including phenoxy) is 1. The Kier molecular flexibility index (Phi) is 14.8. The maximum atomic E-state index is 12.4. The van der Waals surface area contributed by atoms with E-state index in [1.807, 2.05) is 6.92 Å². The monoisotopic (exact) mass is 437 g/mol. The van der Waals surface area contributed by atoms with Gasteiger partial charge in [0.1, 0.15) is 12.6 Å². The minimum Gasteiger partial charge on any atom is -0.748 e. The number of aliphatic hydroxyl groups excluding tert-OH is 1. The Labute approximate surface area is 178 Å². The lowest BCUT2D eigenvalue weighted by molar-refractivity contribution is -0.909. The molecule has 0 rings (SSSR count). The zero-order chi connectivity index (χ0) is 22.3. The lowest BCUT2D eigenvalue weighted by atomic mass is 10.1. The van der Waals surface area contributed by atoms with Crippen LogP contribution in [0.3, 0.4) is 0 Å². The van der Waals surface area contributed by atoms with E-state index in [1.54, 1.807) is 14.1 Å². The second-order valence-corrected chi connectivity index (χ2v) is 10.1. The van der Waals surface area contributed by atoms with Crippen molar-refractivity contribution in [1.82, 2.24) is 0 Å². The predicted octanol–water partition coefficient (Wildman–Crippen LogP) is 3.21. The number of nitrogens with zero attached hydrogens (tertiary/aromatic N) is 1. The number of carbonyl (C=O) groups is 1. The Hall–Kier alpha value is -0.700. The number of esters is 1. The third-order valence-electron chi connectivity index (χ3n) is 5.32. The van der Waals surface area contributed by atoms with E-state index in [1.165, 1.54) is 44.9 Å². The first-order valence-corrected chi connectivity index (χ1v) is 12.7. The number of unbranched alkanes of at least 4 members (excludes halogenated alkanes) is 9. The standard InChI is InChI=1S/C21H43NO6S/c1-5-7-8-9-10-11-12-13-14-15-16-28-21(24)20(6-2)22(3,4)17-19(23)18-29(25,26)27/h19-20,23H,5-18H2,1-4H3. The minimum atomic E-state index is -4.51. The molecule has 1 N–H and O–H groups in total. The number of carbonyl (C=O) groups excluding carboxylic acids is 1. The molecule has 29 heavy (non-hydrogen) atoms. The number of hydrogen-bond donors (Lipinski definition) is 1. The van der Waals surface area contributed by atoms with E-state index < -0.39 is 28.0 Å². The van der Waals surface area contributed by atoms with Gasteiger partial charge in [0.2, 0.25) is 0 Å². The van der Waals surface area contributed by atoms with Gasteiger partial charge < -0.3 is 18.9 Å². The fraction of sp³-hybridized carbons (Fsp3) is 0.952. The van der Waals surface area contributed by atoms with Gasteiger partial charge in [-0.1, -0.05) is 71.6 Å². The van der Waals surface area contributed by atoms with Crippen molar-refractivity contribution in [3.05, 3.63) is 0 Å². The van der Waals surface area contributed by atoms with Crippen LogP contribution in [0.4, 0.5) is 0 Å². The molecule has 0 heterocycles. The van der Waals surface area contributed by atoms with Crippen molar-refractivity contribution in [1.29, 1.82) is 0 Å². The average molecular weight is 438 g/mol. The molecule has 0 radical (unpaired) electrons. The maximum absolute atomic E-state index is 12.4. The molecule has 0 fully saturated rings. The molecule has 2 atom stereocenters. The molecule has 0 aliphatic carbocycles. The van der Waals surface area contributed by atoms with Crippen molar-refractivity contribution in [3.63, 3.8) is 0 Å². The Morgan fingerprint density at radius 1 is 0.966 bits per heavy atom. The quantitative estimate of drug-likeness (QED) is 0.153. The Morgan fingerprint density at radius 3 is 1.90 bits per heavy atom. The molecule has 0 aliphatic heterocycles. The summed E-state index contributed by atoms with van der Waals surface area (Å²) in [5.41, 5.74) is 0. The van der Waals surface area contributed by atoms with E-state index in [-0.39, 0.29) is 17.0 Å². The predicted molar refractivity (Wildman–Crippen MR) is 114 cm³/mol. The van der Waals surface area contributed by atoms with Gasteiger partial charge in [-0.25, -0.2) is 13.2 Å². The second kappa shape index (κ2) is 15.2. The van der Waals surface area contributed by atoms with Crippen molar-refractivity contribution in [2.24, 2.45) is 0 Å². The van der Waals surface area contributed by atoms with Crippen LogP contribution in [0, 0.1) is 0 Å². The molecule has 8 heteroatoms. The Morgan fingerprint density at radius 2 is 1.45 bits per heavy atom. The molecular formula is C21H43NO6S. The summed E-state index contributed by atoms with van der Waals surface area (Å²) in [6, 6.07) is -0.512. The van der Waals surface area contributed by atoms with Gasteiger partial charge in [0, 0.05) is 6.42 Å². The summed E-state index contributed by atoms with van der Waals surface area (Å²) in [5, 5.41) is 9.88. The smallest absolute Gasteiger partial charge is 0.364 e. The van der Waals surface area contributed by atoms with Gasteiger partial charge in [-0.15, -0.1) is 0 Å².